The molecule has 1 amide bonds. The van der Waals surface area contributed by atoms with Crippen molar-refractivity contribution in [2.75, 3.05) is 0 Å². The SMILES string of the molecule is O=C(CCc1cc(F)ccc1Br)N[C@H]1CC[C@@H](C(=O)O)C1. The van der Waals surface area contributed by atoms with Gasteiger partial charge < -0.3 is 10.4 Å². The summed E-state index contributed by atoms with van der Waals surface area (Å²) in [4.78, 5) is 22.7. The van der Waals surface area contributed by atoms with Gasteiger partial charge in [-0.2, -0.15) is 0 Å². The minimum Gasteiger partial charge on any atom is -0.481 e. The topological polar surface area (TPSA) is 66.4 Å². The van der Waals surface area contributed by atoms with Crippen LogP contribution >= 0.6 is 15.9 Å². The fraction of sp³-hybridized carbons (Fsp3) is 0.467. The largest absolute Gasteiger partial charge is 0.481 e. The molecule has 0 aromatic heterocycles. The first-order chi connectivity index (χ1) is 9.95. The van der Waals surface area contributed by atoms with Crippen LogP contribution in [0, 0.1) is 11.7 Å². The van der Waals surface area contributed by atoms with Crippen LogP contribution in [0.5, 0.6) is 0 Å². The summed E-state index contributed by atoms with van der Waals surface area (Å²) in [5.74, 6) is -1.60. The maximum Gasteiger partial charge on any atom is 0.306 e. The van der Waals surface area contributed by atoms with Crippen LogP contribution in [0.4, 0.5) is 4.39 Å². The molecule has 2 atom stereocenters. The summed E-state index contributed by atoms with van der Waals surface area (Å²) in [7, 11) is 0. The molecule has 6 heteroatoms. The van der Waals surface area contributed by atoms with Crippen molar-refractivity contribution >= 4 is 27.8 Å². The highest BCUT2D eigenvalue weighted by Gasteiger charge is 2.30. The zero-order chi connectivity index (χ0) is 15.4. The number of hydrogen-bond donors (Lipinski definition) is 2. The first kappa shape index (κ1) is 15.9. The average Bonchev–Trinajstić information content (AvgIpc) is 2.88. The summed E-state index contributed by atoms with van der Waals surface area (Å²) in [5.41, 5.74) is 0.750. The van der Waals surface area contributed by atoms with Gasteiger partial charge in [0.25, 0.3) is 0 Å². The van der Waals surface area contributed by atoms with E-state index in [2.05, 4.69) is 21.2 Å². The number of carbonyl (C=O) groups is 2. The van der Waals surface area contributed by atoms with Crippen molar-refractivity contribution < 1.29 is 19.1 Å². The summed E-state index contributed by atoms with van der Waals surface area (Å²) in [5, 5.41) is 11.8. The number of carboxylic acid groups (broad SMARTS) is 1. The maximum absolute atomic E-state index is 13.1. The Morgan fingerprint density at radius 1 is 1.38 bits per heavy atom. The molecule has 114 valence electrons. The molecule has 1 fully saturated rings. The predicted octanol–water partition coefficient (Wildman–Crippen LogP) is 2.89. The van der Waals surface area contributed by atoms with E-state index >= 15 is 0 Å². The minimum absolute atomic E-state index is 0.0606. The zero-order valence-electron chi connectivity index (χ0n) is 11.4. The van der Waals surface area contributed by atoms with E-state index in [1.54, 1.807) is 6.07 Å². The summed E-state index contributed by atoms with van der Waals surface area (Å²) >= 11 is 3.33. The number of hydrogen-bond acceptors (Lipinski definition) is 2. The van der Waals surface area contributed by atoms with E-state index in [0.717, 1.165) is 10.0 Å². The Bertz CT molecular complexity index is 550. The van der Waals surface area contributed by atoms with E-state index in [9.17, 15) is 14.0 Å². The molecule has 0 radical (unpaired) electrons. The third-order valence-electron chi connectivity index (χ3n) is 3.78. The summed E-state index contributed by atoms with van der Waals surface area (Å²) in [6, 6.07) is 4.33. The fourth-order valence-corrected chi connectivity index (χ4v) is 3.06. The van der Waals surface area contributed by atoms with Crippen LogP contribution in [-0.2, 0) is 16.0 Å². The standard InChI is InChI=1S/C15H17BrFNO3/c16-13-5-3-11(17)7-9(13)2-6-14(19)18-12-4-1-10(8-12)15(20)21/h3,5,7,10,12H,1-2,4,6,8H2,(H,18,19)(H,20,21)/t10-,12+/m1/s1. The molecular formula is C15H17BrFNO3. The molecule has 1 aliphatic rings. The van der Waals surface area contributed by atoms with Crippen LogP contribution in [-0.4, -0.2) is 23.0 Å². The Morgan fingerprint density at radius 3 is 2.81 bits per heavy atom. The van der Waals surface area contributed by atoms with Gasteiger partial charge in [-0.25, -0.2) is 4.39 Å². The molecule has 0 saturated heterocycles. The number of carboxylic acids is 1. The molecule has 0 unspecified atom stereocenters. The van der Waals surface area contributed by atoms with E-state index in [-0.39, 0.29) is 30.1 Å². The van der Waals surface area contributed by atoms with Crippen molar-refractivity contribution in [3.05, 3.63) is 34.1 Å². The normalized spacial score (nSPS) is 21.2. The van der Waals surface area contributed by atoms with Crippen LogP contribution in [0.15, 0.2) is 22.7 Å². The molecule has 2 rings (SSSR count). The van der Waals surface area contributed by atoms with E-state index < -0.39 is 5.97 Å². The van der Waals surface area contributed by atoms with Gasteiger partial charge in [-0.15, -0.1) is 0 Å². The van der Waals surface area contributed by atoms with Crippen molar-refractivity contribution in [3.63, 3.8) is 0 Å². The number of rotatable bonds is 5. The lowest BCUT2D eigenvalue weighted by atomic mass is 10.1. The number of amides is 1. The maximum atomic E-state index is 13.1. The monoisotopic (exact) mass is 357 g/mol. The van der Waals surface area contributed by atoms with Crippen LogP contribution in [0.1, 0.15) is 31.2 Å². The Hall–Kier alpha value is -1.43. The molecule has 0 bridgehead atoms. The second-order valence-electron chi connectivity index (χ2n) is 5.35. The van der Waals surface area contributed by atoms with E-state index in [1.165, 1.54) is 12.1 Å². The van der Waals surface area contributed by atoms with Gasteiger partial charge in [-0.3, -0.25) is 9.59 Å². The molecule has 1 aliphatic carbocycles. The van der Waals surface area contributed by atoms with Crippen molar-refractivity contribution in [1.82, 2.24) is 5.32 Å². The van der Waals surface area contributed by atoms with Gasteiger partial charge in [0, 0.05) is 16.9 Å². The summed E-state index contributed by atoms with van der Waals surface area (Å²) in [6.07, 6.45) is 2.50. The summed E-state index contributed by atoms with van der Waals surface area (Å²) < 4.78 is 13.9. The highest BCUT2D eigenvalue weighted by Crippen LogP contribution is 2.26. The van der Waals surface area contributed by atoms with E-state index in [1.807, 2.05) is 0 Å². The van der Waals surface area contributed by atoms with Crippen LogP contribution in [0.3, 0.4) is 0 Å². The fourth-order valence-electron chi connectivity index (χ4n) is 2.62. The van der Waals surface area contributed by atoms with Gasteiger partial charge in [0.05, 0.1) is 5.92 Å². The van der Waals surface area contributed by atoms with Gasteiger partial charge in [-0.05, 0) is 49.4 Å². The van der Waals surface area contributed by atoms with Gasteiger partial charge in [0.15, 0.2) is 0 Å². The number of halogens is 2. The molecular weight excluding hydrogens is 341 g/mol. The lowest BCUT2D eigenvalue weighted by Crippen LogP contribution is -2.33. The number of aliphatic carboxylic acids is 1. The van der Waals surface area contributed by atoms with Crippen LogP contribution < -0.4 is 5.32 Å². The molecule has 4 nitrogen and oxygen atoms in total. The predicted molar refractivity (Wildman–Crippen MR) is 79.3 cm³/mol. The second kappa shape index (κ2) is 7.02. The van der Waals surface area contributed by atoms with Crippen LogP contribution in [0.25, 0.3) is 0 Å². The Balaban J connectivity index is 1.80. The highest BCUT2D eigenvalue weighted by atomic mass is 79.9. The smallest absolute Gasteiger partial charge is 0.306 e. The van der Waals surface area contributed by atoms with Gasteiger partial charge in [-0.1, -0.05) is 15.9 Å². The quantitative estimate of drug-likeness (QED) is 0.851. The second-order valence-corrected chi connectivity index (χ2v) is 6.20. The van der Waals surface area contributed by atoms with Gasteiger partial charge in [0.1, 0.15) is 5.82 Å². The van der Waals surface area contributed by atoms with Gasteiger partial charge >= 0.3 is 5.97 Å². The van der Waals surface area contributed by atoms with Crippen LogP contribution in [0.2, 0.25) is 0 Å². The van der Waals surface area contributed by atoms with Gasteiger partial charge in [0.2, 0.25) is 5.91 Å². The highest BCUT2D eigenvalue weighted by molar-refractivity contribution is 9.10. The lowest BCUT2D eigenvalue weighted by molar-refractivity contribution is -0.141. The van der Waals surface area contributed by atoms with E-state index in [4.69, 9.17) is 5.11 Å². The molecule has 1 aromatic rings. The van der Waals surface area contributed by atoms with E-state index in [0.29, 0.717) is 25.7 Å². The Morgan fingerprint density at radius 2 is 2.14 bits per heavy atom. The van der Waals surface area contributed by atoms with Crippen molar-refractivity contribution in [2.24, 2.45) is 5.92 Å². The van der Waals surface area contributed by atoms with Crippen molar-refractivity contribution in [2.45, 2.75) is 38.1 Å². The molecule has 0 aliphatic heterocycles. The number of carbonyl (C=O) groups excluding carboxylic acids is 1. The third kappa shape index (κ3) is 4.52. The molecule has 1 saturated carbocycles. The molecule has 0 heterocycles. The zero-order valence-corrected chi connectivity index (χ0v) is 13.0. The lowest BCUT2D eigenvalue weighted by Gasteiger charge is -2.12. The molecule has 0 spiro atoms. The molecule has 1 aromatic carbocycles. The number of aryl methyl sites for hydroxylation is 1. The first-order valence-electron chi connectivity index (χ1n) is 6.92. The number of benzene rings is 1. The molecule has 2 N–H and O–H groups in total. The number of nitrogens with one attached hydrogen (secondary N) is 1. The summed E-state index contributed by atoms with van der Waals surface area (Å²) in [6.45, 7) is 0. The minimum atomic E-state index is -0.796. The average molecular weight is 358 g/mol. The van der Waals surface area contributed by atoms with Crippen molar-refractivity contribution in [1.29, 1.82) is 0 Å². The Labute approximate surface area is 130 Å². The first-order valence-corrected chi connectivity index (χ1v) is 7.71. The van der Waals surface area contributed by atoms with Crippen molar-refractivity contribution in [3.8, 4) is 0 Å². The molecule has 21 heavy (non-hydrogen) atoms. The third-order valence-corrected chi connectivity index (χ3v) is 4.55. The Kier molecular flexibility index (Phi) is 5.33.